The second-order valence-corrected chi connectivity index (χ2v) is 10.0. The number of alkyl carbamates (subject to hydrolysis) is 1. The Kier molecular flexibility index (Phi) is 7.54. The Labute approximate surface area is 208 Å². The second-order valence-electron chi connectivity index (χ2n) is 9.64. The average Bonchev–Trinajstić information content (AvgIpc) is 3.28. The molecule has 4 rings (SSSR count). The van der Waals surface area contributed by atoms with Gasteiger partial charge in [0.25, 0.3) is 0 Å². The predicted molar refractivity (Wildman–Crippen MR) is 130 cm³/mol. The molecule has 0 atom stereocenters. The molecule has 1 amide bonds. The number of rotatable bonds is 6. The lowest BCUT2D eigenvalue weighted by Gasteiger charge is -2.30. The Morgan fingerprint density at radius 1 is 1.20 bits per heavy atom. The van der Waals surface area contributed by atoms with E-state index in [0.717, 1.165) is 25.7 Å². The molecule has 10 heteroatoms. The zero-order chi connectivity index (χ0) is 25.0. The third-order valence-electron chi connectivity index (χ3n) is 5.75. The number of carbonyl (C=O) groups is 1. The van der Waals surface area contributed by atoms with Crippen molar-refractivity contribution in [3.8, 4) is 22.7 Å². The molecule has 1 aliphatic carbocycles. The summed E-state index contributed by atoms with van der Waals surface area (Å²) < 4.78 is 27.1. The molecule has 0 aliphatic heterocycles. The van der Waals surface area contributed by atoms with Crippen LogP contribution in [0.5, 0.6) is 5.75 Å². The number of benzene rings is 1. The first-order chi connectivity index (χ1) is 16.7. The molecule has 1 aliphatic rings. The molecule has 2 aromatic heterocycles. The lowest BCUT2D eigenvalue weighted by molar-refractivity contribution is 0.0483. The van der Waals surface area contributed by atoms with Gasteiger partial charge >= 0.3 is 6.09 Å². The Hall–Kier alpha value is -3.20. The van der Waals surface area contributed by atoms with Crippen molar-refractivity contribution in [2.24, 2.45) is 5.92 Å². The van der Waals surface area contributed by atoms with E-state index >= 15 is 0 Å². The largest absolute Gasteiger partial charge is 0.488 e. The number of nitrogens with zero attached hydrogens (tertiary/aromatic N) is 4. The van der Waals surface area contributed by atoms with Crippen LogP contribution in [-0.2, 0) is 4.74 Å². The molecular formula is C25H29ClFN5O3. The number of aromatic nitrogens is 4. The Morgan fingerprint density at radius 2 is 1.94 bits per heavy atom. The first kappa shape index (κ1) is 24.9. The molecule has 1 fully saturated rings. The lowest BCUT2D eigenvalue weighted by Crippen LogP contribution is -2.41. The standard InChI is InChI=1S/C25H29ClFN5O3/c1-25(2,3)35-24(33)31-18-10-8-16(9-11-18)14-34-22-21(28-15-29-23(22)26)17-12-30-32(13-17)20-7-5-4-6-19(20)27/h4-7,12-13,15-16,18H,8-11,14H2,1-3H3,(H,31,33)/t16-,18-. The Balaban J connectivity index is 1.38. The van der Waals surface area contributed by atoms with E-state index in [4.69, 9.17) is 21.1 Å². The minimum absolute atomic E-state index is 0.0875. The first-order valence-electron chi connectivity index (χ1n) is 11.6. The van der Waals surface area contributed by atoms with Gasteiger partial charge < -0.3 is 14.8 Å². The SMILES string of the molecule is CC(C)(C)OC(=O)N[C@H]1CC[C@H](COc2c(Cl)ncnc2-c2cnn(-c3ccccc3F)c2)CC1. The number of carbonyl (C=O) groups excluding carboxylic acids is 1. The maximum absolute atomic E-state index is 14.2. The van der Waals surface area contributed by atoms with Crippen molar-refractivity contribution in [2.75, 3.05) is 6.61 Å². The zero-order valence-corrected chi connectivity index (χ0v) is 20.8. The molecule has 8 nitrogen and oxygen atoms in total. The summed E-state index contributed by atoms with van der Waals surface area (Å²) in [5, 5.41) is 7.42. The Bertz CT molecular complexity index is 1170. The van der Waals surface area contributed by atoms with Crippen LogP contribution in [-0.4, -0.2) is 44.1 Å². The predicted octanol–water partition coefficient (Wildman–Crippen LogP) is 5.58. The van der Waals surface area contributed by atoms with Gasteiger partial charge in [-0.05, 0) is 64.5 Å². The van der Waals surface area contributed by atoms with Gasteiger partial charge in [0, 0.05) is 17.8 Å². The third-order valence-corrected chi connectivity index (χ3v) is 6.02. The number of ether oxygens (including phenoxy) is 2. The molecule has 1 aromatic carbocycles. The maximum atomic E-state index is 14.2. The molecule has 0 saturated heterocycles. The number of hydrogen-bond acceptors (Lipinski definition) is 6. The fourth-order valence-electron chi connectivity index (χ4n) is 4.05. The molecule has 0 unspecified atom stereocenters. The van der Waals surface area contributed by atoms with E-state index in [1.165, 1.54) is 17.1 Å². The molecule has 2 heterocycles. The van der Waals surface area contributed by atoms with Gasteiger partial charge in [0.1, 0.15) is 29.1 Å². The molecule has 1 N–H and O–H groups in total. The minimum Gasteiger partial charge on any atom is -0.488 e. The molecule has 35 heavy (non-hydrogen) atoms. The van der Waals surface area contributed by atoms with Crippen LogP contribution in [0.25, 0.3) is 16.9 Å². The topological polar surface area (TPSA) is 91.2 Å². The lowest BCUT2D eigenvalue weighted by atomic mass is 9.86. The number of halogens is 2. The van der Waals surface area contributed by atoms with Crippen molar-refractivity contribution in [1.82, 2.24) is 25.1 Å². The van der Waals surface area contributed by atoms with Gasteiger partial charge in [0.15, 0.2) is 10.9 Å². The van der Waals surface area contributed by atoms with E-state index in [0.29, 0.717) is 35.2 Å². The molecule has 0 spiro atoms. The van der Waals surface area contributed by atoms with Crippen molar-refractivity contribution in [2.45, 2.75) is 58.1 Å². The molecule has 0 radical (unpaired) electrons. The van der Waals surface area contributed by atoms with Gasteiger partial charge in [-0.3, -0.25) is 0 Å². The Morgan fingerprint density at radius 3 is 2.66 bits per heavy atom. The highest BCUT2D eigenvalue weighted by Gasteiger charge is 2.26. The number of para-hydroxylation sites is 1. The molecular weight excluding hydrogens is 473 g/mol. The highest BCUT2D eigenvalue weighted by molar-refractivity contribution is 6.31. The van der Waals surface area contributed by atoms with Gasteiger partial charge in [-0.2, -0.15) is 5.10 Å². The third kappa shape index (κ3) is 6.48. The van der Waals surface area contributed by atoms with E-state index in [9.17, 15) is 9.18 Å². The average molecular weight is 502 g/mol. The van der Waals surface area contributed by atoms with Crippen LogP contribution < -0.4 is 10.1 Å². The first-order valence-corrected chi connectivity index (χ1v) is 12.0. The summed E-state index contributed by atoms with van der Waals surface area (Å²) in [6.07, 6.45) is 7.72. The fraction of sp³-hybridized carbons (Fsp3) is 0.440. The van der Waals surface area contributed by atoms with Crippen LogP contribution in [0.2, 0.25) is 5.15 Å². The van der Waals surface area contributed by atoms with Crippen LogP contribution >= 0.6 is 11.6 Å². The highest BCUT2D eigenvalue weighted by Crippen LogP contribution is 2.34. The van der Waals surface area contributed by atoms with Crippen molar-refractivity contribution in [1.29, 1.82) is 0 Å². The quantitative estimate of drug-likeness (QED) is 0.443. The van der Waals surface area contributed by atoms with Gasteiger partial charge in [-0.15, -0.1) is 0 Å². The van der Waals surface area contributed by atoms with E-state index in [1.807, 2.05) is 20.8 Å². The summed E-state index contributed by atoms with van der Waals surface area (Å²) in [4.78, 5) is 20.4. The van der Waals surface area contributed by atoms with Crippen molar-refractivity contribution in [3.63, 3.8) is 0 Å². The van der Waals surface area contributed by atoms with E-state index in [-0.39, 0.29) is 23.1 Å². The monoisotopic (exact) mass is 501 g/mol. The molecule has 186 valence electrons. The summed E-state index contributed by atoms with van der Waals surface area (Å²) in [6.45, 7) is 5.98. The number of nitrogens with one attached hydrogen (secondary N) is 1. The van der Waals surface area contributed by atoms with Crippen molar-refractivity contribution < 1.29 is 18.7 Å². The second kappa shape index (κ2) is 10.6. The molecule has 3 aromatic rings. The summed E-state index contributed by atoms with van der Waals surface area (Å²) >= 11 is 6.35. The van der Waals surface area contributed by atoms with Gasteiger partial charge in [0.2, 0.25) is 0 Å². The van der Waals surface area contributed by atoms with Crippen LogP contribution in [0.1, 0.15) is 46.5 Å². The zero-order valence-electron chi connectivity index (χ0n) is 20.0. The van der Waals surface area contributed by atoms with Crippen molar-refractivity contribution >= 4 is 17.7 Å². The highest BCUT2D eigenvalue weighted by atomic mass is 35.5. The minimum atomic E-state index is -0.518. The number of amides is 1. The van der Waals surface area contributed by atoms with Crippen LogP contribution in [0.4, 0.5) is 9.18 Å². The normalized spacial score (nSPS) is 18.2. The fourth-order valence-corrected chi connectivity index (χ4v) is 4.24. The van der Waals surface area contributed by atoms with Gasteiger partial charge in [0.05, 0.1) is 12.8 Å². The van der Waals surface area contributed by atoms with E-state index in [1.54, 1.807) is 30.6 Å². The van der Waals surface area contributed by atoms with Crippen molar-refractivity contribution in [3.05, 3.63) is 54.0 Å². The molecule has 0 bridgehead atoms. The summed E-state index contributed by atoms with van der Waals surface area (Å²) in [7, 11) is 0. The smallest absolute Gasteiger partial charge is 0.407 e. The summed E-state index contributed by atoms with van der Waals surface area (Å²) in [5.41, 5.74) is 0.944. The van der Waals surface area contributed by atoms with Crippen LogP contribution in [0, 0.1) is 11.7 Å². The number of hydrogen-bond donors (Lipinski definition) is 1. The van der Waals surface area contributed by atoms with E-state index < -0.39 is 5.60 Å². The van der Waals surface area contributed by atoms with Crippen LogP contribution in [0.3, 0.4) is 0 Å². The van der Waals surface area contributed by atoms with Gasteiger partial charge in [-0.25, -0.2) is 23.8 Å². The summed E-state index contributed by atoms with van der Waals surface area (Å²) in [6, 6.07) is 6.48. The van der Waals surface area contributed by atoms with Crippen LogP contribution in [0.15, 0.2) is 43.0 Å². The maximum Gasteiger partial charge on any atom is 0.407 e. The van der Waals surface area contributed by atoms with Gasteiger partial charge in [-0.1, -0.05) is 23.7 Å². The summed E-state index contributed by atoms with van der Waals surface area (Å²) in [5.74, 6) is 0.296. The van der Waals surface area contributed by atoms with E-state index in [2.05, 4.69) is 20.4 Å². The molecule has 1 saturated carbocycles.